The van der Waals surface area contributed by atoms with Crippen LogP contribution in [0.5, 0.6) is 5.75 Å². The highest BCUT2D eigenvalue weighted by atomic mass is 35.5. The summed E-state index contributed by atoms with van der Waals surface area (Å²) >= 11 is 18.6. The second kappa shape index (κ2) is 10.4. The van der Waals surface area contributed by atoms with Crippen LogP contribution < -0.4 is 15.0 Å². The van der Waals surface area contributed by atoms with E-state index in [0.29, 0.717) is 27.0 Å². The zero-order chi connectivity index (χ0) is 25.4. The Balaban J connectivity index is 1.36. The number of hydrogen-bond donors (Lipinski definition) is 1. The highest BCUT2D eigenvalue weighted by Gasteiger charge is 2.42. The number of halogens is 2. The maximum atomic E-state index is 6.49. The number of thiocarbonyl (C=S) groups is 1. The highest BCUT2D eigenvalue weighted by molar-refractivity contribution is 7.80. The predicted molar refractivity (Wildman–Crippen MR) is 151 cm³/mol. The predicted octanol–water partition coefficient (Wildman–Crippen LogP) is 8.15. The maximum Gasteiger partial charge on any atom is 0.174 e. The first-order chi connectivity index (χ1) is 18.1. The second-order valence-electron chi connectivity index (χ2n) is 9.32. The molecular weight excluding hydrogens is 525 g/mol. The Labute approximate surface area is 231 Å². The SMILES string of the molecule is S=C1N[C@H](c2ccccn2)[C@@H](c2ccc(-c3cccc(Cl)c3Cl)o2)N1c1ccc(OC2CCCC2)cc1. The topological polar surface area (TPSA) is 50.5 Å². The van der Waals surface area contributed by atoms with Crippen molar-refractivity contribution in [3.05, 3.63) is 100 Å². The molecule has 2 aromatic carbocycles. The van der Waals surface area contributed by atoms with Crippen LogP contribution in [0.15, 0.2) is 83.4 Å². The quantitative estimate of drug-likeness (QED) is 0.245. The molecule has 0 amide bonds. The number of pyridine rings is 1. The van der Waals surface area contributed by atoms with Gasteiger partial charge < -0.3 is 19.4 Å². The second-order valence-corrected chi connectivity index (χ2v) is 10.5. The third kappa shape index (κ3) is 4.81. The molecule has 2 aliphatic rings. The molecule has 2 atom stereocenters. The third-order valence-corrected chi connectivity index (χ3v) is 8.09. The Morgan fingerprint density at radius 3 is 2.51 bits per heavy atom. The van der Waals surface area contributed by atoms with Crippen LogP contribution in [0.25, 0.3) is 11.3 Å². The minimum atomic E-state index is -0.268. The molecule has 0 radical (unpaired) electrons. The molecule has 1 aliphatic carbocycles. The summed E-state index contributed by atoms with van der Waals surface area (Å²) in [5, 5.41) is 5.01. The van der Waals surface area contributed by atoms with Crippen LogP contribution in [0.3, 0.4) is 0 Å². The van der Waals surface area contributed by atoms with E-state index in [2.05, 4.69) is 15.2 Å². The van der Waals surface area contributed by atoms with Crippen molar-refractivity contribution < 1.29 is 9.15 Å². The summed E-state index contributed by atoms with van der Waals surface area (Å²) in [6.45, 7) is 0. The number of nitrogens with zero attached hydrogens (tertiary/aromatic N) is 2. The molecule has 0 unspecified atom stereocenters. The summed E-state index contributed by atoms with van der Waals surface area (Å²) in [4.78, 5) is 6.69. The first kappa shape index (κ1) is 24.3. The average Bonchev–Trinajstić information content (AvgIpc) is 3.67. The van der Waals surface area contributed by atoms with E-state index in [0.717, 1.165) is 41.3 Å². The van der Waals surface area contributed by atoms with Gasteiger partial charge in [-0.1, -0.05) is 35.3 Å². The molecule has 1 N–H and O–H groups in total. The van der Waals surface area contributed by atoms with Crippen molar-refractivity contribution in [1.82, 2.24) is 10.3 Å². The van der Waals surface area contributed by atoms with Gasteiger partial charge in [0.1, 0.15) is 23.3 Å². The molecule has 2 aromatic heterocycles. The lowest BCUT2D eigenvalue weighted by Crippen LogP contribution is -2.29. The van der Waals surface area contributed by atoms with Gasteiger partial charge in [-0.25, -0.2) is 0 Å². The number of furan rings is 1. The molecule has 0 spiro atoms. The van der Waals surface area contributed by atoms with Gasteiger partial charge in [-0.3, -0.25) is 4.98 Å². The summed E-state index contributed by atoms with van der Waals surface area (Å²) in [7, 11) is 0. The fourth-order valence-corrected chi connectivity index (χ4v) is 5.90. The lowest BCUT2D eigenvalue weighted by atomic mass is 10.0. The number of rotatable bonds is 6. The van der Waals surface area contributed by atoms with E-state index < -0.39 is 0 Å². The molecule has 5 nitrogen and oxygen atoms in total. The largest absolute Gasteiger partial charge is 0.490 e. The molecule has 6 rings (SSSR count). The number of ether oxygens (including phenoxy) is 1. The van der Waals surface area contributed by atoms with Crippen LogP contribution in [0.2, 0.25) is 10.0 Å². The summed E-state index contributed by atoms with van der Waals surface area (Å²) in [6.07, 6.45) is 6.80. The van der Waals surface area contributed by atoms with Gasteiger partial charge in [0.05, 0.1) is 27.9 Å². The molecule has 37 heavy (non-hydrogen) atoms. The molecule has 1 saturated heterocycles. The molecule has 1 aliphatic heterocycles. The van der Waals surface area contributed by atoms with Gasteiger partial charge >= 0.3 is 0 Å². The molecule has 188 valence electrons. The molecule has 3 heterocycles. The Hall–Kier alpha value is -3.06. The zero-order valence-corrected chi connectivity index (χ0v) is 22.3. The van der Waals surface area contributed by atoms with Gasteiger partial charge in [0, 0.05) is 17.4 Å². The average molecular weight is 551 g/mol. The van der Waals surface area contributed by atoms with Crippen LogP contribution in [0.1, 0.15) is 49.2 Å². The van der Waals surface area contributed by atoms with Crippen LogP contribution in [0.4, 0.5) is 5.69 Å². The smallest absolute Gasteiger partial charge is 0.174 e. The van der Waals surface area contributed by atoms with Gasteiger partial charge in [-0.2, -0.15) is 0 Å². The lowest BCUT2D eigenvalue weighted by molar-refractivity contribution is 0.210. The minimum Gasteiger partial charge on any atom is -0.490 e. The highest BCUT2D eigenvalue weighted by Crippen LogP contribution is 2.44. The Morgan fingerprint density at radius 1 is 0.946 bits per heavy atom. The number of aromatic nitrogens is 1. The minimum absolute atomic E-state index is 0.211. The van der Waals surface area contributed by atoms with Crippen molar-refractivity contribution in [2.45, 2.75) is 43.9 Å². The van der Waals surface area contributed by atoms with E-state index in [1.54, 1.807) is 12.3 Å². The number of nitrogens with one attached hydrogen (secondary N) is 1. The van der Waals surface area contributed by atoms with E-state index in [9.17, 15) is 0 Å². The lowest BCUT2D eigenvalue weighted by Gasteiger charge is -2.26. The van der Waals surface area contributed by atoms with Gasteiger partial charge in [0.2, 0.25) is 0 Å². The number of anilines is 1. The van der Waals surface area contributed by atoms with Gasteiger partial charge in [-0.05, 0) is 98.6 Å². The van der Waals surface area contributed by atoms with Gasteiger partial charge in [-0.15, -0.1) is 0 Å². The van der Waals surface area contributed by atoms with Crippen molar-refractivity contribution in [3.8, 4) is 17.1 Å². The Bertz CT molecular complexity index is 1400. The summed E-state index contributed by atoms with van der Waals surface area (Å²) in [5.74, 6) is 2.25. The van der Waals surface area contributed by atoms with Crippen molar-refractivity contribution in [2.24, 2.45) is 0 Å². The fraction of sp³-hybridized carbons (Fsp3) is 0.241. The first-order valence-corrected chi connectivity index (χ1v) is 13.6. The maximum absolute atomic E-state index is 6.49. The zero-order valence-electron chi connectivity index (χ0n) is 19.9. The molecule has 1 saturated carbocycles. The monoisotopic (exact) mass is 549 g/mol. The van der Waals surface area contributed by atoms with Crippen LogP contribution in [-0.2, 0) is 0 Å². The van der Waals surface area contributed by atoms with E-state index >= 15 is 0 Å². The van der Waals surface area contributed by atoms with Crippen molar-refractivity contribution in [2.75, 3.05) is 4.90 Å². The summed E-state index contributed by atoms with van der Waals surface area (Å²) < 4.78 is 12.6. The third-order valence-electron chi connectivity index (χ3n) is 6.95. The molecule has 4 aromatic rings. The summed E-state index contributed by atoms with van der Waals surface area (Å²) in [6, 6.07) is 22.9. The van der Waals surface area contributed by atoms with Crippen LogP contribution in [0, 0.1) is 0 Å². The van der Waals surface area contributed by atoms with E-state index in [1.165, 1.54) is 12.8 Å². The Kier molecular flexibility index (Phi) is 6.80. The van der Waals surface area contributed by atoms with Crippen LogP contribution >= 0.6 is 35.4 Å². The van der Waals surface area contributed by atoms with E-state index in [1.807, 2.05) is 66.7 Å². The molecular formula is C29H25Cl2N3O2S. The van der Waals surface area contributed by atoms with Gasteiger partial charge in [0.25, 0.3) is 0 Å². The van der Waals surface area contributed by atoms with Crippen LogP contribution in [-0.4, -0.2) is 16.2 Å². The number of benzene rings is 2. The van der Waals surface area contributed by atoms with Gasteiger partial charge in [0.15, 0.2) is 5.11 Å². The van der Waals surface area contributed by atoms with Crippen molar-refractivity contribution >= 4 is 46.2 Å². The summed E-state index contributed by atoms with van der Waals surface area (Å²) in [5.41, 5.74) is 2.55. The first-order valence-electron chi connectivity index (χ1n) is 12.4. The molecule has 2 fully saturated rings. The van der Waals surface area contributed by atoms with E-state index in [4.69, 9.17) is 44.6 Å². The normalized spacial score (nSPS) is 19.8. The molecule has 8 heteroatoms. The van der Waals surface area contributed by atoms with E-state index in [-0.39, 0.29) is 12.1 Å². The molecule has 0 bridgehead atoms. The number of hydrogen-bond acceptors (Lipinski definition) is 4. The van der Waals surface area contributed by atoms with Crippen molar-refractivity contribution in [1.29, 1.82) is 0 Å². The Morgan fingerprint density at radius 2 is 1.76 bits per heavy atom. The fourth-order valence-electron chi connectivity index (χ4n) is 5.16. The standard InChI is InChI=1S/C29H25Cl2N3O2S/c30-22-9-5-8-21(26(22)31)24-15-16-25(36-24)28-27(23-10-3-4-17-32-23)33-29(37)34(28)18-11-13-20(14-12-18)35-19-6-1-2-7-19/h3-5,8-17,19,27-28H,1-2,6-7H2,(H,33,37)/t27-,28-/m1/s1. The van der Waals surface area contributed by atoms with Crippen molar-refractivity contribution in [3.63, 3.8) is 0 Å².